The van der Waals surface area contributed by atoms with Crippen LogP contribution < -0.4 is 0 Å². The van der Waals surface area contributed by atoms with Crippen LogP contribution in [0, 0.1) is 5.92 Å². The van der Waals surface area contributed by atoms with Crippen LogP contribution in [0.4, 0.5) is 0 Å². The number of alkyl halides is 1. The summed E-state index contributed by atoms with van der Waals surface area (Å²) in [5.41, 5.74) is 0. The molecule has 3 aliphatic rings. The van der Waals surface area contributed by atoms with Gasteiger partial charge in [0.05, 0.1) is 12.7 Å². The van der Waals surface area contributed by atoms with Crippen molar-refractivity contribution in [2.75, 3.05) is 11.0 Å². The Morgan fingerprint density at radius 2 is 1.74 bits per heavy atom. The molecular weight excluding hydrogens is 363 g/mol. The van der Waals surface area contributed by atoms with Gasteiger partial charge in [-0.25, -0.2) is 0 Å². The number of hydrogen-bond donors (Lipinski definition) is 0. The van der Waals surface area contributed by atoms with Crippen molar-refractivity contribution >= 4 is 22.6 Å². The largest absolute Gasteiger partial charge is 0.348 e. The van der Waals surface area contributed by atoms with Crippen molar-refractivity contribution in [3.63, 3.8) is 0 Å². The monoisotopic (exact) mass is 384 g/mol. The SMILES string of the molecule is CC1(C)OCC([C@H]2O[C@@H]3OC(C)(C)O[C@@H]3[C@@H]2CI)O1. The quantitative estimate of drug-likeness (QED) is 0.539. The first-order valence-corrected chi connectivity index (χ1v) is 8.23. The van der Waals surface area contributed by atoms with Gasteiger partial charge >= 0.3 is 0 Å². The maximum atomic E-state index is 6.04. The summed E-state index contributed by atoms with van der Waals surface area (Å²) in [4.78, 5) is 0. The van der Waals surface area contributed by atoms with E-state index in [0.717, 1.165) is 4.43 Å². The number of ether oxygens (including phenoxy) is 5. The van der Waals surface area contributed by atoms with Crippen molar-refractivity contribution < 1.29 is 23.7 Å². The number of halogens is 1. The van der Waals surface area contributed by atoms with Crippen LogP contribution >= 0.6 is 22.6 Å². The van der Waals surface area contributed by atoms with E-state index in [0.29, 0.717) is 6.61 Å². The van der Waals surface area contributed by atoms with E-state index in [1.807, 2.05) is 27.7 Å². The molecule has 1 unspecified atom stereocenters. The molecule has 0 N–H and O–H groups in total. The fourth-order valence-electron chi connectivity index (χ4n) is 3.01. The smallest absolute Gasteiger partial charge is 0.187 e. The summed E-state index contributed by atoms with van der Waals surface area (Å²) < 4.78 is 30.3. The maximum Gasteiger partial charge on any atom is 0.187 e. The molecule has 3 saturated heterocycles. The molecule has 0 bridgehead atoms. The van der Waals surface area contributed by atoms with E-state index in [1.165, 1.54) is 0 Å². The van der Waals surface area contributed by atoms with Gasteiger partial charge in [0.1, 0.15) is 12.2 Å². The minimum absolute atomic E-state index is 0.00999. The van der Waals surface area contributed by atoms with Crippen LogP contribution in [-0.4, -0.2) is 47.2 Å². The third-order valence-corrected chi connectivity index (χ3v) is 4.82. The molecule has 0 aromatic carbocycles. The Kier molecular flexibility index (Phi) is 3.64. The fourth-order valence-corrected chi connectivity index (χ4v) is 4.01. The van der Waals surface area contributed by atoms with Gasteiger partial charge in [-0.05, 0) is 27.7 Å². The lowest BCUT2D eigenvalue weighted by molar-refractivity contribution is -0.225. The van der Waals surface area contributed by atoms with Gasteiger partial charge in [-0.15, -0.1) is 0 Å². The van der Waals surface area contributed by atoms with Crippen molar-refractivity contribution in [2.45, 2.75) is 63.9 Å². The Bertz CT molecular complexity index is 359. The van der Waals surface area contributed by atoms with Gasteiger partial charge in [0.2, 0.25) is 0 Å². The second kappa shape index (κ2) is 4.78. The Labute approximate surface area is 127 Å². The van der Waals surface area contributed by atoms with Crippen LogP contribution in [0.5, 0.6) is 0 Å². The summed E-state index contributed by atoms with van der Waals surface area (Å²) in [5, 5.41) is 0. The van der Waals surface area contributed by atoms with Gasteiger partial charge < -0.3 is 23.7 Å². The molecule has 19 heavy (non-hydrogen) atoms. The summed E-state index contributed by atoms with van der Waals surface area (Å²) in [5.74, 6) is -0.811. The molecule has 110 valence electrons. The highest BCUT2D eigenvalue weighted by Crippen LogP contribution is 2.44. The second-order valence-electron chi connectivity index (χ2n) is 6.25. The number of hydrogen-bond acceptors (Lipinski definition) is 5. The average molecular weight is 384 g/mol. The van der Waals surface area contributed by atoms with Crippen LogP contribution in [0.25, 0.3) is 0 Å². The van der Waals surface area contributed by atoms with Gasteiger partial charge in [-0.2, -0.15) is 0 Å². The first-order valence-electron chi connectivity index (χ1n) is 6.70. The normalized spacial score (nSPS) is 47.5. The van der Waals surface area contributed by atoms with E-state index in [1.54, 1.807) is 0 Å². The highest BCUT2D eigenvalue weighted by atomic mass is 127. The lowest BCUT2D eigenvalue weighted by atomic mass is 9.97. The minimum Gasteiger partial charge on any atom is -0.348 e. The van der Waals surface area contributed by atoms with Gasteiger partial charge in [-0.1, -0.05) is 22.6 Å². The topological polar surface area (TPSA) is 46.2 Å². The molecule has 3 fully saturated rings. The zero-order valence-corrected chi connectivity index (χ0v) is 13.9. The number of fused-ring (bicyclic) bond motifs is 1. The van der Waals surface area contributed by atoms with Gasteiger partial charge in [0.15, 0.2) is 17.9 Å². The third kappa shape index (κ3) is 2.67. The first kappa shape index (κ1) is 14.5. The Morgan fingerprint density at radius 1 is 1.00 bits per heavy atom. The fraction of sp³-hybridized carbons (Fsp3) is 1.00. The summed E-state index contributed by atoms with van der Waals surface area (Å²) in [7, 11) is 0. The van der Waals surface area contributed by atoms with Crippen molar-refractivity contribution in [3.05, 3.63) is 0 Å². The molecule has 3 rings (SSSR count). The van der Waals surface area contributed by atoms with Gasteiger partial charge in [-0.3, -0.25) is 0 Å². The predicted molar refractivity (Wildman–Crippen MR) is 76.0 cm³/mol. The lowest BCUT2D eigenvalue weighted by Gasteiger charge is -2.28. The van der Waals surface area contributed by atoms with Crippen LogP contribution in [-0.2, 0) is 23.7 Å². The van der Waals surface area contributed by atoms with Crippen molar-refractivity contribution in [1.82, 2.24) is 0 Å². The molecule has 6 heteroatoms. The van der Waals surface area contributed by atoms with E-state index >= 15 is 0 Å². The van der Waals surface area contributed by atoms with E-state index in [4.69, 9.17) is 23.7 Å². The minimum atomic E-state index is -0.559. The first-order chi connectivity index (χ1) is 8.81. The maximum absolute atomic E-state index is 6.04. The Morgan fingerprint density at radius 3 is 2.32 bits per heavy atom. The molecule has 5 atom stereocenters. The molecule has 0 aromatic heterocycles. The molecule has 0 radical (unpaired) electrons. The van der Waals surface area contributed by atoms with E-state index in [9.17, 15) is 0 Å². The summed E-state index contributed by atoms with van der Waals surface area (Å²) in [6.45, 7) is 8.27. The highest BCUT2D eigenvalue weighted by molar-refractivity contribution is 14.1. The Balaban J connectivity index is 1.72. The van der Waals surface area contributed by atoms with Crippen LogP contribution in [0.1, 0.15) is 27.7 Å². The van der Waals surface area contributed by atoms with Gasteiger partial charge in [0.25, 0.3) is 0 Å². The van der Waals surface area contributed by atoms with Crippen LogP contribution in [0.3, 0.4) is 0 Å². The van der Waals surface area contributed by atoms with Crippen molar-refractivity contribution in [1.29, 1.82) is 0 Å². The van der Waals surface area contributed by atoms with E-state index in [2.05, 4.69) is 22.6 Å². The average Bonchev–Trinajstić information content (AvgIpc) is 2.87. The third-order valence-electron chi connectivity index (χ3n) is 3.80. The summed E-state index contributed by atoms with van der Waals surface area (Å²) >= 11 is 2.38. The molecule has 0 amide bonds. The summed E-state index contributed by atoms with van der Waals surface area (Å²) in [6.07, 6.45) is -0.364. The van der Waals surface area contributed by atoms with Crippen LogP contribution in [0.2, 0.25) is 0 Å². The van der Waals surface area contributed by atoms with Crippen molar-refractivity contribution in [3.8, 4) is 0 Å². The number of rotatable bonds is 2. The summed E-state index contributed by atoms with van der Waals surface area (Å²) in [6, 6.07) is 0. The lowest BCUT2D eigenvalue weighted by Crippen LogP contribution is -2.39. The molecule has 3 heterocycles. The predicted octanol–water partition coefficient (Wildman–Crippen LogP) is 2.07. The highest BCUT2D eigenvalue weighted by Gasteiger charge is 2.57. The van der Waals surface area contributed by atoms with Gasteiger partial charge in [0, 0.05) is 10.3 Å². The van der Waals surface area contributed by atoms with E-state index in [-0.39, 0.29) is 30.5 Å². The molecule has 0 aliphatic carbocycles. The van der Waals surface area contributed by atoms with E-state index < -0.39 is 11.6 Å². The molecule has 0 aromatic rings. The van der Waals surface area contributed by atoms with Crippen LogP contribution in [0.15, 0.2) is 0 Å². The zero-order chi connectivity index (χ0) is 13.8. The second-order valence-corrected chi connectivity index (χ2v) is 7.14. The molecule has 5 nitrogen and oxygen atoms in total. The zero-order valence-electron chi connectivity index (χ0n) is 11.7. The molecule has 0 spiro atoms. The molecular formula is C13H21IO5. The van der Waals surface area contributed by atoms with Crippen molar-refractivity contribution in [2.24, 2.45) is 5.92 Å². The molecule has 3 aliphatic heterocycles. The Hall–Kier alpha value is 0.530. The molecule has 0 saturated carbocycles. The standard InChI is InChI=1S/C13H21IO5/c1-12(2)15-6-8(17-12)9-7(5-14)10-11(16-9)19-13(3,4)18-10/h7-11H,5-6H2,1-4H3/t7-,8?,9+,10-,11-/m1/s1.